The van der Waals surface area contributed by atoms with Gasteiger partial charge in [0.2, 0.25) is 5.91 Å². The largest absolute Gasteiger partial charge is 0.323 e. The number of benzene rings is 1. The fraction of sp³-hybridized carbons (Fsp3) is 0.500. The van der Waals surface area contributed by atoms with E-state index < -0.39 is 16.1 Å². The smallest absolute Gasteiger partial charge is 0.274 e. The highest BCUT2D eigenvalue weighted by atomic mass is 32.2. The average Bonchev–Trinajstić information content (AvgIpc) is 2.25. The minimum absolute atomic E-state index is 0.170. The van der Waals surface area contributed by atoms with Crippen LogP contribution in [-0.2, 0) is 15.0 Å². The Morgan fingerprint density at radius 1 is 1.05 bits per heavy atom. The topological polar surface area (TPSA) is 75.3 Å². The van der Waals surface area contributed by atoms with E-state index in [9.17, 15) is 13.2 Å². The first-order chi connectivity index (χ1) is 9.14. The molecule has 0 bridgehead atoms. The Kier molecular flexibility index (Phi) is 5.16. The highest BCUT2D eigenvalue weighted by Gasteiger charge is 2.19. The molecule has 0 heterocycles. The van der Waals surface area contributed by atoms with Crippen LogP contribution in [0.15, 0.2) is 18.2 Å². The van der Waals surface area contributed by atoms with E-state index in [4.69, 9.17) is 0 Å². The number of hydrogen-bond acceptors (Lipinski definition) is 3. The van der Waals surface area contributed by atoms with Crippen molar-refractivity contribution in [3.63, 3.8) is 0 Å². The molecular formula is C14H22N2O3S. The number of para-hydroxylation sites is 1. The molecule has 112 valence electrons. The lowest BCUT2D eigenvalue weighted by atomic mass is 9.93. The van der Waals surface area contributed by atoms with Gasteiger partial charge in [-0.1, -0.05) is 45.9 Å². The summed E-state index contributed by atoms with van der Waals surface area (Å²) in [4.78, 5) is 11.0. The van der Waals surface area contributed by atoms with E-state index in [1.54, 1.807) is 0 Å². The Labute approximate surface area is 121 Å². The Morgan fingerprint density at radius 3 is 1.85 bits per heavy atom. The molecule has 0 aliphatic rings. The van der Waals surface area contributed by atoms with E-state index in [1.165, 1.54) is 0 Å². The first kappa shape index (κ1) is 16.5. The zero-order chi connectivity index (χ0) is 15.5. The van der Waals surface area contributed by atoms with E-state index in [-0.39, 0.29) is 11.8 Å². The molecule has 0 radical (unpaired) electrons. The summed E-state index contributed by atoms with van der Waals surface area (Å²) < 4.78 is 28.2. The van der Waals surface area contributed by atoms with Crippen LogP contribution in [0.5, 0.6) is 0 Å². The highest BCUT2D eigenvalue weighted by molar-refractivity contribution is 7.91. The third kappa shape index (κ3) is 4.23. The summed E-state index contributed by atoms with van der Waals surface area (Å²) in [7, 11) is -3.90. The van der Waals surface area contributed by atoms with Crippen molar-refractivity contribution < 1.29 is 13.2 Å². The van der Waals surface area contributed by atoms with Crippen LogP contribution >= 0.6 is 0 Å². The minimum Gasteiger partial charge on any atom is -0.274 e. The van der Waals surface area contributed by atoms with Gasteiger partial charge in [-0.25, -0.2) is 4.72 Å². The molecular weight excluding hydrogens is 276 g/mol. The molecule has 0 atom stereocenters. The predicted octanol–water partition coefficient (Wildman–Crippen LogP) is 2.73. The van der Waals surface area contributed by atoms with Gasteiger partial charge in [0.15, 0.2) is 0 Å². The third-order valence-corrected chi connectivity index (χ3v) is 3.92. The first-order valence-electron chi connectivity index (χ1n) is 6.58. The van der Waals surface area contributed by atoms with Gasteiger partial charge in [-0.3, -0.25) is 9.52 Å². The number of rotatable bonds is 5. The van der Waals surface area contributed by atoms with Crippen LogP contribution in [-0.4, -0.2) is 14.3 Å². The van der Waals surface area contributed by atoms with Crippen LogP contribution in [0.4, 0.5) is 5.69 Å². The molecule has 0 fully saturated rings. The van der Waals surface area contributed by atoms with Crippen molar-refractivity contribution >= 4 is 21.8 Å². The van der Waals surface area contributed by atoms with Gasteiger partial charge in [-0.15, -0.1) is 0 Å². The van der Waals surface area contributed by atoms with Crippen molar-refractivity contribution in [1.29, 1.82) is 0 Å². The molecule has 0 unspecified atom stereocenters. The van der Waals surface area contributed by atoms with E-state index in [1.807, 2.05) is 50.6 Å². The van der Waals surface area contributed by atoms with Crippen molar-refractivity contribution in [2.24, 2.45) is 0 Å². The number of amides is 1. The van der Waals surface area contributed by atoms with Crippen LogP contribution in [0.25, 0.3) is 0 Å². The summed E-state index contributed by atoms with van der Waals surface area (Å²) in [5, 5.41) is 0. The van der Waals surface area contributed by atoms with E-state index >= 15 is 0 Å². The quantitative estimate of drug-likeness (QED) is 0.877. The summed E-state index contributed by atoms with van der Waals surface area (Å²) in [6, 6.07) is 5.70. The zero-order valence-electron chi connectivity index (χ0n) is 12.5. The molecule has 1 amide bonds. The number of hydrogen-bond donors (Lipinski definition) is 2. The lowest BCUT2D eigenvalue weighted by Gasteiger charge is -2.20. The Bertz CT molecular complexity index is 566. The standard InChI is InChI=1S/C14H22N2O3S/c1-9(2)12-7-6-8-13(10(3)4)14(12)16-20(18,19)15-11(5)17/h6-10,16H,1-5H3,(H,15,17). The molecule has 6 heteroatoms. The van der Waals surface area contributed by atoms with Gasteiger partial charge in [0.05, 0.1) is 5.69 Å². The lowest BCUT2D eigenvalue weighted by Crippen LogP contribution is -2.34. The molecule has 0 aromatic heterocycles. The summed E-state index contributed by atoms with van der Waals surface area (Å²) in [6.07, 6.45) is 0. The summed E-state index contributed by atoms with van der Waals surface area (Å²) in [5.74, 6) is -0.280. The molecule has 0 saturated heterocycles. The second-order valence-corrected chi connectivity index (χ2v) is 6.80. The van der Waals surface area contributed by atoms with Gasteiger partial charge in [-0.05, 0) is 23.0 Å². The minimum atomic E-state index is -3.90. The fourth-order valence-corrected chi connectivity index (χ4v) is 2.95. The predicted molar refractivity (Wildman–Crippen MR) is 81.0 cm³/mol. The second-order valence-electron chi connectivity index (χ2n) is 5.38. The second kappa shape index (κ2) is 6.26. The van der Waals surface area contributed by atoms with Crippen LogP contribution in [0.1, 0.15) is 57.6 Å². The van der Waals surface area contributed by atoms with Crippen molar-refractivity contribution in [3.05, 3.63) is 29.3 Å². The summed E-state index contributed by atoms with van der Waals surface area (Å²) in [5.41, 5.74) is 2.38. The Balaban J connectivity index is 3.31. The zero-order valence-corrected chi connectivity index (χ0v) is 13.3. The Hall–Kier alpha value is -1.56. The van der Waals surface area contributed by atoms with Crippen LogP contribution in [0.3, 0.4) is 0 Å². The van der Waals surface area contributed by atoms with Gasteiger partial charge in [0.1, 0.15) is 0 Å². The molecule has 1 aromatic rings. The van der Waals surface area contributed by atoms with Crippen molar-refractivity contribution in [3.8, 4) is 0 Å². The number of carbonyl (C=O) groups excluding carboxylic acids is 1. The van der Waals surface area contributed by atoms with Crippen molar-refractivity contribution in [2.45, 2.75) is 46.5 Å². The maximum absolute atomic E-state index is 11.9. The van der Waals surface area contributed by atoms with Gasteiger partial charge in [0.25, 0.3) is 0 Å². The first-order valence-corrected chi connectivity index (χ1v) is 8.06. The highest BCUT2D eigenvalue weighted by Crippen LogP contribution is 2.32. The van der Waals surface area contributed by atoms with Crippen LogP contribution in [0.2, 0.25) is 0 Å². The maximum atomic E-state index is 11.9. The number of carbonyl (C=O) groups is 1. The van der Waals surface area contributed by atoms with Gasteiger partial charge >= 0.3 is 10.2 Å². The van der Waals surface area contributed by atoms with Crippen LogP contribution in [0, 0.1) is 0 Å². The normalized spacial score (nSPS) is 11.8. The average molecular weight is 298 g/mol. The van der Waals surface area contributed by atoms with Gasteiger partial charge in [0, 0.05) is 6.92 Å². The molecule has 1 aromatic carbocycles. The molecule has 1 rings (SSSR count). The molecule has 5 nitrogen and oxygen atoms in total. The number of anilines is 1. The van der Waals surface area contributed by atoms with Crippen LogP contribution < -0.4 is 9.44 Å². The lowest BCUT2D eigenvalue weighted by molar-refractivity contribution is -0.117. The molecule has 0 aliphatic heterocycles. The molecule has 2 N–H and O–H groups in total. The van der Waals surface area contributed by atoms with E-state index in [0.29, 0.717) is 5.69 Å². The fourth-order valence-electron chi connectivity index (χ4n) is 2.02. The molecule has 0 spiro atoms. The number of nitrogens with one attached hydrogen (secondary N) is 2. The van der Waals surface area contributed by atoms with E-state index in [0.717, 1.165) is 18.1 Å². The summed E-state index contributed by atoms with van der Waals surface area (Å²) in [6.45, 7) is 9.15. The maximum Gasteiger partial charge on any atom is 0.323 e. The third-order valence-electron chi connectivity index (χ3n) is 2.89. The summed E-state index contributed by atoms with van der Waals surface area (Å²) >= 11 is 0. The molecule has 0 aliphatic carbocycles. The van der Waals surface area contributed by atoms with Crippen molar-refractivity contribution in [2.75, 3.05) is 4.72 Å². The monoisotopic (exact) mass is 298 g/mol. The Morgan fingerprint density at radius 2 is 1.50 bits per heavy atom. The SMILES string of the molecule is CC(=O)NS(=O)(=O)Nc1c(C(C)C)cccc1C(C)C. The van der Waals surface area contributed by atoms with Crippen molar-refractivity contribution in [1.82, 2.24) is 4.72 Å². The van der Waals surface area contributed by atoms with Gasteiger partial charge < -0.3 is 0 Å². The molecule has 20 heavy (non-hydrogen) atoms. The molecule has 0 saturated carbocycles. The van der Waals surface area contributed by atoms with E-state index in [2.05, 4.69) is 4.72 Å². The van der Waals surface area contributed by atoms with Gasteiger partial charge in [-0.2, -0.15) is 8.42 Å².